The molecule has 0 radical (unpaired) electrons. The Morgan fingerprint density at radius 2 is 1.77 bits per heavy atom. The molecule has 1 N–H and O–H groups in total. The van der Waals surface area contributed by atoms with Gasteiger partial charge in [-0.15, -0.1) is 10.2 Å². The standard InChI is InChI=1S/C22H23N3O4S/c1-4-29-18-8-6-5-7-17(18)23-21(26)14-30-22-12-10-16(24-25-22)15-9-11-19(27-2)20(13-15)28-3/h5-13H,4,14H2,1-3H3,(H,23,26). The second-order valence-electron chi connectivity index (χ2n) is 6.09. The molecular formula is C22H23N3O4S. The van der Waals surface area contributed by atoms with E-state index in [-0.39, 0.29) is 11.7 Å². The highest BCUT2D eigenvalue weighted by atomic mass is 32.2. The second kappa shape index (κ2) is 10.5. The summed E-state index contributed by atoms with van der Waals surface area (Å²) in [5.74, 6) is 2.00. The quantitative estimate of drug-likeness (QED) is 0.512. The van der Waals surface area contributed by atoms with Crippen LogP contribution in [-0.4, -0.2) is 42.7 Å². The minimum Gasteiger partial charge on any atom is -0.493 e. The van der Waals surface area contributed by atoms with Crippen molar-refractivity contribution in [3.8, 4) is 28.5 Å². The minimum absolute atomic E-state index is 0.141. The SMILES string of the molecule is CCOc1ccccc1NC(=O)CSc1ccc(-c2ccc(OC)c(OC)c2)nn1. The molecule has 0 aliphatic rings. The van der Waals surface area contributed by atoms with Crippen LogP contribution in [0.1, 0.15) is 6.92 Å². The first-order valence-corrected chi connectivity index (χ1v) is 10.3. The van der Waals surface area contributed by atoms with Gasteiger partial charge in [0.1, 0.15) is 10.8 Å². The number of carbonyl (C=O) groups is 1. The van der Waals surface area contributed by atoms with Crippen LogP contribution >= 0.6 is 11.8 Å². The molecule has 0 aliphatic carbocycles. The summed E-state index contributed by atoms with van der Waals surface area (Å²) < 4.78 is 16.1. The number of carbonyl (C=O) groups excluding carboxylic acids is 1. The number of aromatic nitrogens is 2. The van der Waals surface area contributed by atoms with Gasteiger partial charge in [-0.1, -0.05) is 23.9 Å². The van der Waals surface area contributed by atoms with E-state index in [0.29, 0.717) is 40.3 Å². The molecule has 7 nitrogen and oxygen atoms in total. The van der Waals surface area contributed by atoms with Crippen LogP contribution in [0.15, 0.2) is 59.6 Å². The molecule has 1 aromatic heterocycles. The second-order valence-corrected chi connectivity index (χ2v) is 7.09. The van der Waals surface area contributed by atoms with E-state index in [9.17, 15) is 4.79 Å². The Morgan fingerprint density at radius 3 is 2.47 bits per heavy atom. The summed E-state index contributed by atoms with van der Waals surface area (Å²) in [7, 11) is 3.18. The molecule has 1 heterocycles. The Hall–Kier alpha value is -3.26. The molecule has 3 aromatic rings. The molecule has 0 spiro atoms. The molecule has 0 atom stereocenters. The average Bonchev–Trinajstić information content (AvgIpc) is 2.79. The van der Waals surface area contributed by atoms with Gasteiger partial charge in [0.15, 0.2) is 11.5 Å². The van der Waals surface area contributed by atoms with Crippen molar-refractivity contribution in [2.75, 3.05) is 31.9 Å². The number of anilines is 1. The Morgan fingerprint density at radius 1 is 0.967 bits per heavy atom. The third-order valence-corrected chi connectivity index (χ3v) is 5.05. The number of amides is 1. The van der Waals surface area contributed by atoms with Crippen molar-refractivity contribution in [2.24, 2.45) is 0 Å². The number of methoxy groups -OCH3 is 2. The van der Waals surface area contributed by atoms with Gasteiger partial charge in [0, 0.05) is 5.56 Å². The molecule has 0 fully saturated rings. The van der Waals surface area contributed by atoms with Crippen molar-refractivity contribution in [3.63, 3.8) is 0 Å². The van der Waals surface area contributed by atoms with E-state index >= 15 is 0 Å². The largest absolute Gasteiger partial charge is 0.493 e. The summed E-state index contributed by atoms with van der Waals surface area (Å²) in [6, 6.07) is 16.6. The van der Waals surface area contributed by atoms with E-state index in [1.165, 1.54) is 11.8 Å². The summed E-state index contributed by atoms with van der Waals surface area (Å²) in [6.07, 6.45) is 0. The Kier molecular flexibility index (Phi) is 7.51. The molecule has 0 aliphatic heterocycles. The summed E-state index contributed by atoms with van der Waals surface area (Å²) in [5.41, 5.74) is 2.22. The maximum Gasteiger partial charge on any atom is 0.234 e. The predicted octanol–water partition coefficient (Wildman–Crippen LogP) is 4.29. The number of nitrogens with one attached hydrogen (secondary N) is 1. The fourth-order valence-corrected chi connectivity index (χ4v) is 3.34. The summed E-state index contributed by atoms with van der Waals surface area (Å²) >= 11 is 1.31. The number of benzene rings is 2. The first kappa shape index (κ1) is 21.4. The number of thioether (sulfide) groups is 1. The first-order valence-electron chi connectivity index (χ1n) is 9.35. The van der Waals surface area contributed by atoms with Crippen molar-refractivity contribution in [1.82, 2.24) is 10.2 Å². The highest BCUT2D eigenvalue weighted by Crippen LogP contribution is 2.31. The van der Waals surface area contributed by atoms with Gasteiger partial charge in [-0.2, -0.15) is 0 Å². The number of rotatable bonds is 9. The lowest BCUT2D eigenvalue weighted by Gasteiger charge is -2.11. The third-order valence-electron chi connectivity index (χ3n) is 4.13. The van der Waals surface area contributed by atoms with E-state index < -0.39 is 0 Å². The molecule has 0 bridgehead atoms. The number of ether oxygens (including phenoxy) is 3. The monoisotopic (exact) mass is 425 g/mol. The number of hydrogen-bond acceptors (Lipinski definition) is 7. The molecule has 0 saturated carbocycles. The van der Waals surface area contributed by atoms with Crippen molar-refractivity contribution in [1.29, 1.82) is 0 Å². The maximum atomic E-state index is 12.3. The lowest BCUT2D eigenvalue weighted by atomic mass is 10.1. The Bertz CT molecular complexity index is 996. The number of nitrogens with zero attached hydrogens (tertiary/aromatic N) is 2. The van der Waals surface area contributed by atoms with E-state index in [0.717, 1.165) is 5.56 Å². The smallest absolute Gasteiger partial charge is 0.234 e. The molecule has 0 saturated heterocycles. The zero-order valence-electron chi connectivity index (χ0n) is 17.0. The van der Waals surface area contributed by atoms with Crippen molar-refractivity contribution >= 4 is 23.4 Å². The van der Waals surface area contributed by atoms with Crippen molar-refractivity contribution in [3.05, 3.63) is 54.6 Å². The lowest BCUT2D eigenvalue weighted by molar-refractivity contribution is -0.113. The highest BCUT2D eigenvalue weighted by molar-refractivity contribution is 7.99. The number of hydrogen-bond donors (Lipinski definition) is 1. The fourth-order valence-electron chi connectivity index (χ4n) is 2.72. The summed E-state index contributed by atoms with van der Waals surface area (Å²) in [6.45, 7) is 2.43. The van der Waals surface area contributed by atoms with Gasteiger partial charge in [-0.25, -0.2) is 0 Å². The zero-order valence-corrected chi connectivity index (χ0v) is 17.9. The van der Waals surface area contributed by atoms with Crippen LogP contribution in [0.4, 0.5) is 5.69 Å². The van der Waals surface area contributed by atoms with Gasteiger partial charge < -0.3 is 19.5 Å². The van der Waals surface area contributed by atoms with Gasteiger partial charge in [0.05, 0.1) is 38.0 Å². The van der Waals surface area contributed by atoms with Gasteiger partial charge in [0.25, 0.3) is 0 Å². The van der Waals surface area contributed by atoms with Gasteiger partial charge in [-0.3, -0.25) is 4.79 Å². The van der Waals surface area contributed by atoms with Gasteiger partial charge in [0.2, 0.25) is 5.91 Å². The summed E-state index contributed by atoms with van der Waals surface area (Å²) in [5, 5.41) is 12.0. The normalized spacial score (nSPS) is 10.4. The van der Waals surface area contributed by atoms with Crippen LogP contribution in [-0.2, 0) is 4.79 Å². The van der Waals surface area contributed by atoms with Crippen LogP contribution in [0.3, 0.4) is 0 Å². The van der Waals surface area contributed by atoms with Crippen LogP contribution in [0.25, 0.3) is 11.3 Å². The van der Waals surface area contributed by atoms with Crippen molar-refractivity contribution < 1.29 is 19.0 Å². The molecular weight excluding hydrogens is 402 g/mol. The zero-order chi connectivity index (χ0) is 21.3. The first-order chi connectivity index (χ1) is 14.6. The van der Waals surface area contributed by atoms with Crippen LogP contribution < -0.4 is 19.5 Å². The molecule has 2 aromatic carbocycles. The van der Waals surface area contributed by atoms with Crippen LogP contribution in [0.5, 0.6) is 17.2 Å². The molecule has 1 amide bonds. The Balaban J connectivity index is 1.60. The minimum atomic E-state index is -0.141. The van der Waals surface area contributed by atoms with E-state index in [2.05, 4.69) is 15.5 Å². The topological polar surface area (TPSA) is 82.6 Å². The van der Waals surface area contributed by atoms with Crippen molar-refractivity contribution in [2.45, 2.75) is 11.9 Å². The predicted molar refractivity (Wildman–Crippen MR) is 118 cm³/mol. The maximum absolute atomic E-state index is 12.3. The van der Waals surface area contributed by atoms with E-state index in [1.54, 1.807) is 14.2 Å². The third kappa shape index (κ3) is 5.42. The van der Waals surface area contributed by atoms with Crippen LogP contribution in [0, 0.1) is 0 Å². The molecule has 0 unspecified atom stereocenters. The average molecular weight is 426 g/mol. The molecule has 3 rings (SSSR count). The molecule has 30 heavy (non-hydrogen) atoms. The molecule has 8 heteroatoms. The molecule has 156 valence electrons. The van der Waals surface area contributed by atoms with E-state index in [4.69, 9.17) is 14.2 Å². The lowest BCUT2D eigenvalue weighted by Crippen LogP contribution is -2.15. The van der Waals surface area contributed by atoms with Crippen LogP contribution in [0.2, 0.25) is 0 Å². The highest BCUT2D eigenvalue weighted by Gasteiger charge is 2.10. The van der Waals surface area contributed by atoms with E-state index in [1.807, 2.05) is 61.5 Å². The van der Waals surface area contributed by atoms with Gasteiger partial charge >= 0.3 is 0 Å². The fraction of sp³-hybridized carbons (Fsp3) is 0.227. The summed E-state index contributed by atoms with van der Waals surface area (Å²) in [4.78, 5) is 12.3. The Labute approximate surface area is 179 Å². The number of para-hydroxylation sites is 2. The van der Waals surface area contributed by atoms with Gasteiger partial charge in [-0.05, 0) is 49.4 Å².